The minimum atomic E-state index is -0.214. The Morgan fingerprint density at radius 1 is 1.69 bits per heavy atom. The number of carbonyl (C=O) groups excluding carboxylic acids is 1. The van der Waals surface area contributed by atoms with Crippen molar-refractivity contribution >= 4 is 5.91 Å². The number of amides is 1. The average molecular weight is 190 g/mol. The van der Waals surface area contributed by atoms with E-state index in [1.807, 2.05) is 0 Å². The lowest BCUT2D eigenvalue weighted by atomic mass is 10.2. The van der Waals surface area contributed by atoms with E-state index in [1.165, 1.54) is 7.11 Å². The highest BCUT2D eigenvalue weighted by molar-refractivity contribution is 5.76. The molecule has 5 nitrogen and oxygen atoms in total. The van der Waals surface area contributed by atoms with Gasteiger partial charge in [-0.15, -0.1) is 0 Å². The van der Waals surface area contributed by atoms with Gasteiger partial charge >= 0.3 is 0 Å². The van der Waals surface area contributed by atoms with Crippen LogP contribution in [-0.2, 0) is 9.53 Å². The molecule has 0 aromatic rings. The Bertz CT molecular complexity index is 137. The number of aliphatic hydroxyl groups is 1. The molecular formula is C8H18N2O3. The van der Waals surface area contributed by atoms with E-state index >= 15 is 0 Å². The molecule has 5 heteroatoms. The second kappa shape index (κ2) is 7.97. The van der Waals surface area contributed by atoms with Crippen LogP contribution >= 0.6 is 0 Å². The molecule has 0 aliphatic carbocycles. The van der Waals surface area contributed by atoms with Gasteiger partial charge < -0.3 is 20.9 Å². The van der Waals surface area contributed by atoms with Crippen molar-refractivity contribution in [1.29, 1.82) is 0 Å². The van der Waals surface area contributed by atoms with Crippen molar-refractivity contribution in [3.05, 3.63) is 0 Å². The van der Waals surface area contributed by atoms with Gasteiger partial charge in [0.05, 0.1) is 12.5 Å². The van der Waals surface area contributed by atoms with Gasteiger partial charge in [0.25, 0.3) is 0 Å². The van der Waals surface area contributed by atoms with Gasteiger partial charge in [-0.3, -0.25) is 4.79 Å². The van der Waals surface area contributed by atoms with Crippen LogP contribution in [0.3, 0.4) is 0 Å². The smallest absolute Gasteiger partial charge is 0.222 e. The van der Waals surface area contributed by atoms with Crippen molar-refractivity contribution in [3.8, 4) is 0 Å². The number of aliphatic hydroxyl groups excluding tert-OH is 1. The van der Waals surface area contributed by atoms with Crippen molar-refractivity contribution < 1.29 is 14.6 Å². The molecule has 0 aromatic carbocycles. The van der Waals surface area contributed by atoms with Crippen molar-refractivity contribution in [2.45, 2.75) is 18.9 Å². The normalized spacial score (nSPS) is 12.5. The fraction of sp³-hybridized carbons (Fsp3) is 0.875. The monoisotopic (exact) mass is 190 g/mol. The summed E-state index contributed by atoms with van der Waals surface area (Å²) in [6.07, 6.45) is 0.638. The maximum absolute atomic E-state index is 11.1. The number of nitrogens with two attached hydrogens (primary N) is 1. The molecular weight excluding hydrogens is 172 g/mol. The van der Waals surface area contributed by atoms with Crippen molar-refractivity contribution in [3.63, 3.8) is 0 Å². The Labute approximate surface area is 78.3 Å². The Balaban J connectivity index is 3.48. The van der Waals surface area contributed by atoms with Crippen LogP contribution in [0.25, 0.3) is 0 Å². The van der Waals surface area contributed by atoms with Gasteiger partial charge in [-0.2, -0.15) is 0 Å². The number of hydrogen-bond acceptors (Lipinski definition) is 4. The third-order valence-electron chi connectivity index (χ3n) is 1.67. The summed E-state index contributed by atoms with van der Waals surface area (Å²) < 4.78 is 4.94. The predicted molar refractivity (Wildman–Crippen MR) is 49.2 cm³/mol. The summed E-state index contributed by atoms with van der Waals surface area (Å²) in [5, 5.41) is 11.1. The zero-order valence-electron chi connectivity index (χ0n) is 7.95. The first kappa shape index (κ1) is 12.3. The molecule has 4 N–H and O–H groups in total. The lowest BCUT2D eigenvalue weighted by molar-refractivity contribution is -0.123. The van der Waals surface area contributed by atoms with Crippen molar-refractivity contribution in [2.24, 2.45) is 5.73 Å². The summed E-state index contributed by atoms with van der Waals surface area (Å²) in [7, 11) is 1.53. The molecule has 13 heavy (non-hydrogen) atoms. The van der Waals surface area contributed by atoms with Gasteiger partial charge in [-0.1, -0.05) is 0 Å². The molecule has 0 saturated carbocycles. The van der Waals surface area contributed by atoms with Gasteiger partial charge in [-0.25, -0.2) is 0 Å². The molecule has 1 unspecified atom stereocenters. The standard InChI is InChI=1S/C8H18N2O3/c1-13-7(6-9)5-8(12)10-3-2-4-11/h7,11H,2-6,9H2,1H3,(H,10,12). The summed E-state index contributed by atoms with van der Waals surface area (Å²) in [6, 6.07) is 0. The van der Waals surface area contributed by atoms with Crippen LogP contribution in [-0.4, -0.2) is 43.9 Å². The second-order valence-electron chi connectivity index (χ2n) is 2.72. The van der Waals surface area contributed by atoms with Crippen LogP contribution in [0.4, 0.5) is 0 Å². The third kappa shape index (κ3) is 6.51. The molecule has 0 aliphatic rings. The minimum Gasteiger partial charge on any atom is -0.396 e. The van der Waals surface area contributed by atoms with Crippen LogP contribution < -0.4 is 11.1 Å². The molecule has 0 fully saturated rings. The Morgan fingerprint density at radius 2 is 2.38 bits per heavy atom. The van der Waals surface area contributed by atoms with Crippen molar-refractivity contribution in [1.82, 2.24) is 5.32 Å². The largest absolute Gasteiger partial charge is 0.396 e. The fourth-order valence-electron chi connectivity index (χ4n) is 0.849. The molecule has 0 radical (unpaired) electrons. The maximum Gasteiger partial charge on any atom is 0.222 e. The Morgan fingerprint density at radius 3 is 2.85 bits per heavy atom. The molecule has 0 aromatic heterocycles. The lowest BCUT2D eigenvalue weighted by Gasteiger charge is -2.12. The predicted octanol–water partition coefficient (Wildman–Crippen LogP) is -1.15. The molecule has 0 aliphatic heterocycles. The second-order valence-corrected chi connectivity index (χ2v) is 2.72. The van der Waals surface area contributed by atoms with Gasteiger partial charge in [0, 0.05) is 26.8 Å². The minimum absolute atomic E-state index is 0.0882. The fourth-order valence-corrected chi connectivity index (χ4v) is 0.849. The summed E-state index contributed by atoms with van der Waals surface area (Å²) >= 11 is 0. The number of carbonyl (C=O) groups is 1. The molecule has 0 bridgehead atoms. The molecule has 0 saturated heterocycles. The molecule has 1 amide bonds. The van der Waals surface area contributed by atoms with E-state index < -0.39 is 0 Å². The summed E-state index contributed by atoms with van der Waals surface area (Å²) in [5.74, 6) is -0.0919. The Hall–Kier alpha value is -0.650. The first-order valence-electron chi connectivity index (χ1n) is 4.35. The van der Waals surface area contributed by atoms with E-state index in [0.717, 1.165) is 0 Å². The van der Waals surface area contributed by atoms with Crippen LogP contribution in [0.1, 0.15) is 12.8 Å². The van der Waals surface area contributed by atoms with Crippen LogP contribution in [0.15, 0.2) is 0 Å². The van der Waals surface area contributed by atoms with E-state index in [2.05, 4.69) is 5.32 Å². The molecule has 0 heterocycles. The lowest BCUT2D eigenvalue weighted by Crippen LogP contribution is -2.32. The number of hydrogen-bond donors (Lipinski definition) is 3. The zero-order valence-corrected chi connectivity index (χ0v) is 7.95. The quantitative estimate of drug-likeness (QED) is 0.442. The Kier molecular flexibility index (Phi) is 7.57. The highest BCUT2D eigenvalue weighted by Crippen LogP contribution is 1.93. The van der Waals surface area contributed by atoms with Crippen LogP contribution in [0, 0.1) is 0 Å². The van der Waals surface area contributed by atoms with E-state index in [-0.39, 0.29) is 25.0 Å². The number of nitrogens with one attached hydrogen (secondary N) is 1. The van der Waals surface area contributed by atoms with Gasteiger partial charge in [-0.05, 0) is 6.42 Å². The zero-order chi connectivity index (χ0) is 10.1. The maximum atomic E-state index is 11.1. The average Bonchev–Trinajstić information content (AvgIpc) is 2.14. The SMILES string of the molecule is COC(CN)CC(=O)NCCCO. The highest BCUT2D eigenvalue weighted by Gasteiger charge is 2.10. The highest BCUT2D eigenvalue weighted by atomic mass is 16.5. The first-order chi connectivity index (χ1) is 6.24. The summed E-state index contributed by atoms with van der Waals surface area (Å²) in [5.41, 5.74) is 5.34. The van der Waals surface area contributed by atoms with E-state index in [1.54, 1.807) is 0 Å². The number of methoxy groups -OCH3 is 1. The number of rotatable bonds is 7. The number of ether oxygens (including phenoxy) is 1. The molecule has 78 valence electrons. The van der Waals surface area contributed by atoms with Crippen LogP contribution in [0.2, 0.25) is 0 Å². The topological polar surface area (TPSA) is 84.6 Å². The molecule has 0 rings (SSSR count). The first-order valence-corrected chi connectivity index (χ1v) is 4.35. The summed E-state index contributed by atoms with van der Waals surface area (Å²) in [6.45, 7) is 0.922. The molecule has 1 atom stereocenters. The van der Waals surface area contributed by atoms with E-state index in [9.17, 15) is 4.79 Å². The van der Waals surface area contributed by atoms with Gasteiger partial charge in [0.1, 0.15) is 0 Å². The van der Waals surface area contributed by atoms with Gasteiger partial charge in [0.2, 0.25) is 5.91 Å². The summed E-state index contributed by atoms with van der Waals surface area (Å²) in [4.78, 5) is 11.1. The van der Waals surface area contributed by atoms with Crippen LogP contribution in [0.5, 0.6) is 0 Å². The van der Waals surface area contributed by atoms with E-state index in [4.69, 9.17) is 15.6 Å². The van der Waals surface area contributed by atoms with Gasteiger partial charge in [0.15, 0.2) is 0 Å². The molecule has 0 spiro atoms. The third-order valence-corrected chi connectivity index (χ3v) is 1.67. The van der Waals surface area contributed by atoms with E-state index in [0.29, 0.717) is 19.5 Å². The van der Waals surface area contributed by atoms with Crippen molar-refractivity contribution in [2.75, 3.05) is 26.8 Å².